The summed E-state index contributed by atoms with van der Waals surface area (Å²) in [6.07, 6.45) is 0. The van der Waals surface area contributed by atoms with E-state index in [-0.39, 0.29) is 30.4 Å². The Bertz CT molecular complexity index is 984. The average molecular weight is 422 g/mol. The van der Waals surface area contributed by atoms with Gasteiger partial charge in [-0.2, -0.15) is 0 Å². The molecule has 0 radical (unpaired) electrons. The molecular weight excluding hydrogens is 396 g/mol. The van der Waals surface area contributed by atoms with Crippen LogP contribution in [0.5, 0.6) is 5.75 Å². The van der Waals surface area contributed by atoms with Gasteiger partial charge in [-0.25, -0.2) is 9.59 Å². The first-order valence-corrected chi connectivity index (χ1v) is 10.1. The minimum atomic E-state index is -0.554. The second kappa shape index (κ2) is 9.38. The summed E-state index contributed by atoms with van der Waals surface area (Å²) in [5, 5.41) is 9.70. The molecule has 0 saturated heterocycles. The Labute approximate surface area is 181 Å². The van der Waals surface area contributed by atoms with Gasteiger partial charge in [-0.05, 0) is 64.1 Å². The van der Waals surface area contributed by atoms with Crippen LogP contribution in [0.4, 0.5) is 11.4 Å². The van der Waals surface area contributed by atoms with E-state index in [9.17, 15) is 14.7 Å². The summed E-state index contributed by atoms with van der Waals surface area (Å²) in [6.45, 7) is 7.42. The number of phenolic OH excluding ortho intramolecular Hbond substituents is 1. The van der Waals surface area contributed by atoms with Crippen LogP contribution in [0.2, 0.25) is 0 Å². The van der Waals surface area contributed by atoms with Gasteiger partial charge in [0.05, 0.1) is 24.6 Å². The monoisotopic (exact) mass is 422 g/mol. The third kappa shape index (κ3) is 4.26. The fourth-order valence-corrected chi connectivity index (χ4v) is 3.60. The predicted octanol–water partition coefficient (Wildman–Crippen LogP) is 4.31. The van der Waals surface area contributed by atoms with E-state index in [1.165, 1.54) is 0 Å². The number of phenols is 1. The number of hydrogen-bond acceptors (Lipinski definition) is 7. The Kier molecular flexibility index (Phi) is 6.65. The van der Waals surface area contributed by atoms with Crippen LogP contribution in [0, 0.1) is 0 Å². The summed E-state index contributed by atoms with van der Waals surface area (Å²) >= 11 is 0. The summed E-state index contributed by atoms with van der Waals surface area (Å²) in [6, 6.07) is 15.7. The lowest BCUT2D eigenvalue weighted by molar-refractivity contribution is -0.139. The maximum atomic E-state index is 13.1. The molecule has 31 heavy (non-hydrogen) atoms. The Morgan fingerprint density at radius 3 is 1.65 bits per heavy atom. The molecule has 7 heteroatoms. The number of para-hydroxylation sites is 1. The molecule has 1 aliphatic rings. The second-order valence-electron chi connectivity index (χ2n) is 6.83. The largest absolute Gasteiger partial charge is 0.508 e. The molecular formula is C24H26N2O5. The summed E-state index contributed by atoms with van der Waals surface area (Å²) < 4.78 is 10.7. The third-order valence-corrected chi connectivity index (χ3v) is 4.86. The van der Waals surface area contributed by atoms with Crippen LogP contribution >= 0.6 is 0 Å². The molecule has 1 heterocycles. The van der Waals surface area contributed by atoms with Crippen LogP contribution in [0.15, 0.2) is 77.4 Å². The number of esters is 2. The molecule has 0 aliphatic carbocycles. The molecule has 0 amide bonds. The Hall–Kier alpha value is -3.74. The van der Waals surface area contributed by atoms with E-state index in [2.05, 4.69) is 0 Å². The zero-order valence-electron chi connectivity index (χ0n) is 18.1. The summed E-state index contributed by atoms with van der Waals surface area (Å²) in [5.41, 5.74) is 2.92. The lowest BCUT2D eigenvalue weighted by Gasteiger charge is -2.40. The number of rotatable bonds is 6. The van der Waals surface area contributed by atoms with Crippen molar-refractivity contribution in [3.63, 3.8) is 0 Å². The molecule has 0 fully saturated rings. The molecule has 0 spiro atoms. The highest BCUT2D eigenvalue weighted by Crippen LogP contribution is 2.39. The van der Waals surface area contributed by atoms with Crippen LogP contribution in [0.1, 0.15) is 27.7 Å². The van der Waals surface area contributed by atoms with Gasteiger partial charge in [0.1, 0.15) is 5.75 Å². The van der Waals surface area contributed by atoms with Gasteiger partial charge >= 0.3 is 11.9 Å². The third-order valence-electron chi connectivity index (χ3n) is 4.86. The van der Waals surface area contributed by atoms with Crippen molar-refractivity contribution < 1.29 is 24.2 Å². The van der Waals surface area contributed by atoms with Crippen molar-refractivity contribution in [1.29, 1.82) is 0 Å². The Morgan fingerprint density at radius 1 is 0.742 bits per heavy atom. The molecule has 1 aliphatic heterocycles. The van der Waals surface area contributed by atoms with Gasteiger partial charge < -0.3 is 19.5 Å². The first-order chi connectivity index (χ1) is 14.9. The van der Waals surface area contributed by atoms with Crippen molar-refractivity contribution in [1.82, 2.24) is 0 Å². The number of nitrogens with zero attached hydrogens (tertiary/aromatic N) is 2. The summed E-state index contributed by atoms with van der Waals surface area (Å²) in [4.78, 5) is 29.6. The van der Waals surface area contributed by atoms with E-state index in [4.69, 9.17) is 9.47 Å². The van der Waals surface area contributed by atoms with Crippen LogP contribution in [0.3, 0.4) is 0 Å². The van der Waals surface area contributed by atoms with E-state index in [0.29, 0.717) is 22.8 Å². The highest BCUT2D eigenvalue weighted by Gasteiger charge is 2.39. The normalized spacial score (nSPS) is 14.1. The molecule has 3 rings (SSSR count). The van der Waals surface area contributed by atoms with Crippen molar-refractivity contribution in [2.75, 3.05) is 23.0 Å². The lowest BCUT2D eigenvalue weighted by atomic mass is 10.1. The first-order valence-electron chi connectivity index (χ1n) is 10.1. The lowest BCUT2D eigenvalue weighted by Crippen LogP contribution is -2.42. The van der Waals surface area contributed by atoms with Gasteiger partial charge in [0.15, 0.2) is 11.4 Å². The number of carbonyl (C=O) groups is 2. The smallest absolute Gasteiger partial charge is 0.357 e. The number of hydrogen-bond donors (Lipinski definition) is 1. The summed E-state index contributed by atoms with van der Waals surface area (Å²) in [7, 11) is 0. The highest BCUT2D eigenvalue weighted by molar-refractivity contribution is 6.04. The predicted molar refractivity (Wildman–Crippen MR) is 118 cm³/mol. The number of anilines is 2. The first kappa shape index (κ1) is 22.0. The minimum absolute atomic E-state index is 0.117. The van der Waals surface area contributed by atoms with E-state index in [1.807, 2.05) is 30.3 Å². The number of ether oxygens (including phenoxy) is 2. The number of carbonyl (C=O) groups excluding carboxylic acids is 2. The molecule has 0 bridgehead atoms. The SMILES string of the molecule is CCOC(=O)C1=C(C)N(c2ccc(O)cc2)C(C)=C(C(=O)OCC)N1c1ccccc1. The summed E-state index contributed by atoms with van der Waals surface area (Å²) in [5.74, 6) is -0.991. The van der Waals surface area contributed by atoms with E-state index in [0.717, 1.165) is 0 Å². The average Bonchev–Trinajstić information content (AvgIpc) is 2.75. The molecule has 162 valence electrons. The molecule has 0 aromatic heterocycles. The Balaban J connectivity index is 2.30. The maximum Gasteiger partial charge on any atom is 0.357 e. The molecule has 0 saturated carbocycles. The van der Waals surface area contributed by atoms with Crippen molar-refractivity contribution in [3.05, 3.63) is 77.4 Å². The van der Waals surface area contributed by atoms with Crippen molar-refractivity contribution in [2.45, 2.75) is 27.7 Å². The van der Waals surface area contributed by atoms with Crippen LogP contribution in [0.25, 0.3) is 0 Å². The fraction of sp³-hybridized carbons (Fsp3) is 0.250. The second-order valence-corrected chi connectivity index (χ2v) is 6.83. The van der Waals surface area contributed by atoms with Gasteiger partial charge in [-0.15, -0.1) is 0 Å². The van der Waals surface area contributed by atoms with Gasteiger partial charge in [0.25, 0.3) is 0 Å². The zero-order valence-corrected chi connectivity index (χ0v) is 18.1. The van der Waals surface area contributed by atoms with Crippen LogP contribution in [-0.2, 0) is 19.1 Å². The van der Waals surface area contributed by atoms with E-state index in [1.54, 1.807) is 61.8 Å². The molecule has 2 aromatic rings. The van der Waals surface area contributed by atoms with Gasteiger partial charge in [0.2, 0.25) is 0 Å². The number of benzene rings is 2. The van der Waals surface area contributed by atoms with Gasteiger partial charge in [0, 0.05) is 11.4 Å². The number of aromatic hydroxyl groups is 1. The molecule has 0 unspecified atom stereocenters. The van der Waals surface area contributed by atoms with Crippen molar-refractivity contribution >= 4 is 23.3 Å². The highest BCUT2D eigenvalue weighted by atomic mass is 16.5. The number of allylic oxidation sites excluding steroid dienone is 2. The molecule has 0 atom stereocenters. The minimum Gasteiger partial charge on any atom is -0.508 e. The van der Waals surface area contributed by atoms with Gasteiger partial charge in [-0.1, -0.05) is 18.2 Å². The van der Waals surface area contributed by atoms with Gasteiger partial charge in [-0.3, -0.25) is 4.90 Å². The molecule has 7 nitrogen and oxygen atoms in total. The molecule has 2 aromatic carbocycles. The van der Waals surface area contributed by atoms with E-state index >= 15 is 0 Å². The standard InChI is InChI=1S/C24H26N2O5/c1-5-30-23(28)21-16(3)25(19-12-14-20(27)15-13-19)17(4)22(24(29)31-6-2)26(21)18-10-8-7-9-11-18/h7-15,27H,5-6H2,1-4H3. The van der Waals surface area contributed by atoms with E-state index < -0.39 is 11.9 Å². The molecule has 1 N–H and O–H groups in total. The van der Waals surface area contributed by atoms with Crippen LogP contribution in [-0.4, -0.2) is 30.3 Å². The topological polar surface area (TPSA) is 79.3 Å². The van der Waals surface area contributed by atoms with Crippen LogP contribution < -0.4 is 9.80 Å². The quantitative estimate of drug-likeness (QED) is 0.695. The fourth-order valence-electron chi connectivity index (χ4n) is 3.60. The maximum absolute atomic E-state index is 13.1. The Morgan fingerprint density at radius 2 is 1.19 bits per heavy atom. The van der Waals surface area contributed by atoms with Crippen molar-refractivity contribution in [3.8, 4) is 5.75 Å². The van der Waals surface area contributed by atoms with Crippen molar-refractivity contribution in [2.24, 2.45) is 0 Å². The zero-order chi connectivity index (χ0) is 22.5.